The van der Waals surface area contributed by atoms with Crippen LogP contribution in [0.5, 0.6) is 5.75 Å². The summed E-state index contributed by atoms with van der Waals surface area (Å²) in [5.74, 6) is 0.0947. The quantitative estimate of drug-likeness (QED) is 0.644. The highest BCUT2D eigenvalue weighted by Crippen LogP contribution is 2.26. The van der Waals surface area contributed by atoms with E-state index < -0.39 is 0 Å². The van der Waals surface area contributed by atoms with E-state index in [9.17, 15) is 9.90 Å². The molecule has 5 heteroatoms. The number of benzene rings is 2. The lowest BCUT2D eigenvalue weighted by molar-refractivity contribution is 0.477. The topological polar surface area (TPSA) is 65.1 Å². The SMILES string of the molecule is Cc1ccc2cc(CNc3cc(Cl)ccc3O)c(=O)[nH]c2c1. The first-order valence-electron chi connectivity index (χ1n) is 6.88. The summed E-state index contributed by atoms with van der Waals surface area (Å²) in [5.41, 5.74) is 2.86. The van der Waals surface area contributed by atoms with Crippen molar-refractivity contribution in [3.05, 3.63) is 69.0 Å². The van der Waals surface area contributed by atoms with Gasteiger partial charge in [0.05, 0.1) is 5.69 Å². The van der Waals surface area contributed by atoms with Crippen molar-refractivity contribution < 1.29 is 5.11 Å². The Morgan fingerprint density at radius 1 is 1.18 bits per heavy atom. The molecular formula is C17H15ClN2O2. The van der Waals surface area contributed by atoms with Crippen LogP contribution in [0.25, 0.3) is 10.9 Å². The van der Waals surface area contributed by atoms with Crippen molar-refractivity contribution in [1.82, 2.24) is 4.98 Å². The Hall–Kier alpha value is -2.46. The molecule has 0 aliphatic carbocycles. The summed E-state index contributed by atoms with van der Waals surface area (Å²) in [6.07, 6.45) is 0. The zero-order valence-corrected chi connectivity index (χ0v) is 12.7. The lowest BCUT2D eigenvalue weighted by Crippen LogP contribution is -2.15. The number of aryl methyl sites for hydroxylation is 1. The van der Waals surface area contributed by atoms with Crippen LogP contribution in [0.2, 0.25) is 5.02 Å². The third-order valence-electron chi connectivity index (χ3n) is 3.51. The number of rotatable bonds is 3. The van der Waals surface area contributed by atoms with Crippen molar-refractivity contribution in [2.45, 2.75) is 13.5 Å². The van der Waals surface area contributed by atoms with E-state index >= 15 is 0 Å². The van der Waals surface area contributed by atoms with Crippen LogP contribution in [0.1, 0.15) is 11.1 Å². The number of hydrogen-bond donors (Lipinski definition) is 3. The number of hydrogen-bond acceptors (Lipinski definition) is 3. The van der Waals surface area contributed by atoms with Crippen LogP contribution in [-0.2, 0) is 6.54 Å². The van der Waals surface area contributed by atoms with E-state index in [1.807, 2.05) is 31.2 Å². The number of phenolic OH excluding ortho intramolecular Hbond substituents is 1. The van der Waals surface area contributed by atoms with Gasteiger partial charge < -0.3 is 15.4 Å². The average molecular weight is 315 g/mol. The molecule has 0 bridgehead atoms. The second-order valence-electron chi connectivity index (χ2n) is 5.23. The van der Waals surface area contributed by atoms with Gasteiger partial charge in [-0.05, 0) is 48.2 Å². The van der Waals surface area contributed by atoms with E-state index in [0.717, 1.165) is 16.5 Å². The van der Waals surface area contributed by atoms with Crippen LogP contribution in [0.4, 0.5) is 5.69 Å². The van der Waals surface area contributed by atoms with E-state index in [4.69, 9.17) is 11.6 Å². The Kier molecular flexibility index (Phi) is 3.77. The highest BCUT2D eigenvalue weighted by Gasteiger charge is 2.06. The first kappa shape index (κ1) is 14.5. The van der Waals surface area contributed by atoms with Gasteiger partial charge in [-0.3, -0.25) is 4.79 Å². The van der Waals surface area contributed by atoms with E-state index in [1.165, 1.54) is 6.07 Å². The van der Waals surface area contributed by atoms with Crippen molar-refractivity contribution in [3.8, 4) is 5.75 Å². The molecule has 22 heavy (non-hydrogen) atoms. The lowest BCUT2D eigenvalue weighted by Gasteiger charge is -2.09. The first-order valence-corrected chi connectivity index (χ1v) is 7.26. The van der Waals surface area contributed by atoms with Gasteiger partial charge in [0.25, 0.3) is 5.56 Å². The summed E-state index contributed by atoms with van der Waals surface area (Å²) in [6.45, 7) is 2.28. The maximum absolute atomic E-state index is 12.1. The molecule has 0 spiro atoms. The highest BCUT2D eigenvalue weighted by molar-refractivity contribution is 6.30. The molecule has 3 rings (SSSR count). The molecule has 0 fully saturated rings. The highest BCUT2D eigenvalue weighted by atomic mass is 35.5. The first-order chi connectivity index (χ1) is 10.5. The molecule has 0 aliphatic rings. The molecule has 0 unspecified atom stereocenters. The van der Waals surface area contributed by atoms with Crippen molar-refractivity contribution in [1.29, 1.82) is 0 Å². The van der Waals surface area contributed by atoms with E-state index in [2.05, 4.69) is 10.3 Å². The van der Waals surface area contributed by atoms with Gasteiger partial charge in [-0.2, -0.15) is 0 Å². The second kappa shape index (κ2) is 5.73. The average Bonchev–Trinajstić information content (AvgIpc) is 2.48. The number of aromatic hydroxyl groups is 1. The number of halogens is 1. The van der Waals surface area contributed by atoms with Gasteiger partial charge in [0.2, 0.25) is 0 Å². The number of anilines is 1. The predicted octanol–water partition coefficient (Wildman–Crippen LogP) is 3.81. The van der Waals surface area contributed by atoms with Gasteiger partial charge in [-0.15, -0.1) is 0 Å². The van der Waals surface area contributed by atoms with Gasteiger partial charge in [0, 0.05) is 22.6 Å². The van der Waals surface area contributed by atoms with Gasteiger partial charge in [0.15, 0.2) is 0 Å². The monoisotopic (exact) mass is 314 g/mol. The Balaban J connectivity index is 1.90. The van der Waals surface area contributed by atoms with Crippen molar-refractivity contribution in [2.24, 2.45) is 0 Å². The fourth-order valence-electron chi connectivity index (χ4n) is 2.33. The van der Waals surface area contributed by atoms with Crippen LogP contribution in [0.3, 0.4) is 0 Å². The Morgan fingerprint density at radius 3 is 2.82 bits per heavy atom. The molecule has 1 aromatic heterocycles. The Labute approximate surface area is 132 Å². The summed E-state index contributed by atoms with van der Waals surface area (Å²) in [7, 11) is 0. The molecule has 3 aromatic rings. The molecular weight excluding hydrogens is 300 g/mol. The zero-order chi connectivity index (χ0) is 15.7. The molecule has 1 heterocycles. The lowest BCUT2D eigenvalue weighted by atomic mass is 10.1. The van der Waals surface area contributed by atoms with Crippen molar-refractivity contribution in [3.63, 3.8) is 0 Å². The number of H-pyrrole nitrogens is 1. The maximum atomic E-state index is 12.1. The van der Waals surface area contributed by atoms with Crippen LogP contribution in [0.15, 0.2) is 47.3 Å². The molecule has 2 aromatic carbocycles. The second-order valence-corrected chi connectivity index (χ2v) is 5.67. The fraction of sp³-hybridized carbons (Fsp3) is 0.118. The summed E-state index contributed by atoms with van der Waals surface area (Å²) >= 11 is 5.90. The summed E-state index contributed by atoms with van der Waals surface area (Å²) in [4.78, 5) is 15.0. The van der Waals surface area contributed by atoms with E-state index in [1.54, 1.807) is 12.1 Å². The zero-order valence-electron chi connectivity index (χ0n) is 12.0. The van der Waals surface area contributed by atoms with Crippen molar-refractivity contribution >= 4 is 28.2 Å². The van der Waals surface area contributed by atoms with Crippen LogP contribution >= 0.6 is 11.6 Å². The predicted molar refractivity (Wildman–Crippen MR) is 89.7 cm³/mol. The minimum atomic E-state index is -0.146. The van der Waals surface area contributed by atoms with Crippen LogP contribution < -0.4 is 10.9 Å². The van der Waals surface area contributed by atoms with Gasteiger partial charge in [-0.1, -0.05) is 23.7 Å². The molecule has 112 valence electrons. The van der Waals surface area contributed by atoms with Gasteiger partial charge in [0.1, 0.15) is 5.75 Å². The molecule has 0 amide bonds. The normalized spacial score (nSPS) is 10.8. The molecule has 3 N–H and O–H groups in total. The number of pyridine rings is 1. The van der Waals surface area contributed by atoms with E-state index in [0.29, 0.717) is 22.8 Å². The van der Waals surface area contributed by atoms with Crippen LogP contribution in [-0.4, -0.2) is 10.1 Å². The molecule has 4 nitrogen and oxygen atoms in total. The standard InChI is InChI=1S/C17H15ClN2O2/c1-10-2-3-11-7-12(17(22)20-14(11)6-10)9-19-15-8-13(18)4-5-16(15)21/h2-8,19,21H,9H2,1H3,(H,20,22). The molecule has 0 saturated carbocycles. The Morgan fingerprint density at radius 2 is 2.00 bits per heavy atom. The number of aromatic amines is 1. The third kappa shape index (κ3) is 2.92. The number of phenols is 1. The largest absolute Gasteiger partial charge is 0.506 e. The number of aromatic nitrogens is 1. The van der Waals surface area contributed by atoms with Gasteiger partial charge >= 0.3 is 0 Å². The summed E-state index contributed by atoms with van der Waals surface area (Å²) in [5, 5.41) is 14.3. The maximum Gasteiger partial charge on any atom is 0.253 e. The molecule has 0 atom stereocenters. The minimum Gasteiger partial charge on any atom is -0.506 e. The van der Waals surface area contributed by atoms with Crippen molar-refractivity contribution in [2.75, 3.05) is 5.32 Å². The van der Waals surface area contributed by atoms with Gasteiger partial charge in [-0.25, -0.2) is 0 Å². The van der Waals surface area contributed by atoms with E-state index in [-0.39, 0.29) is 11.3 Å². The fourth-order valence-corrected chi connectivity index (χ4v) is 2.50. The summed E-state index contributed by atoms with van der Waals surface area (Å²) < 4.78 is 0. The minimum absolute atomic E-state index is 0.0947. The molecule has 0 saturated heterocycles. The van der Waals surface area contributed by atoms with Crippen LogP contribution in [0, 0.1) is 6.92 Å². The number of nitrogens with one attached hydrogen (secondary N) is 2. The molecule has 0 radical (unpaired) electrons. The number of fused-ring (bicyclic) bond motifs is 1. The Bertz CT molecular complexity index is 903. The third-order valence-corrected chi connectivity index (χ3v) is 3.74. The molecule has 0 aliphatic heterocycles. The smallest absolute Gasteiger partial charge is 0.253 e. The summed E-state index contributed by atoms with van der Waals surface area (Å²) in [6, 6.07) is 12.5.